The number of fused-ring (bicyclic) bond motifs is 7. The second-order valence-electron chi connectivity index (χ2n) is 16.1. The first kappa shape index (κ1) is 34.1. The van der Waals surface area contributed by atoms with E-state index >= 15 is 0 Å². The van der Waals surface area contributed by atoms with Crippen molar-refractivity contribution in [2.75, 3.05) is 4.90 Å². The second kappa shape index (κ2) is 13.5. The van der Waals surface area contributed by atoms with E-state index in [1.165, 1.54) is 88.0 Å². The van der Waals surface area contributed by atoms with Crippen LogP contribution < -0.4 is 4.90 Å². The standard InChI is InChI=1S/C57H41N/c1-57(2)53-28-13-12-26-49(53)50-33-32-45(37-54(50)57)58(44-22-14-21-41(35-44)38-16-4-3-5-17-38)55-29-15-27-51(56(55)43-31-30-39-18-6-7-19-40(39)34-43)52-36-42-20-8-9-23-46(42)47-24-10-11-25-48(47)52/h3-37H,1-2H3. The molecule has 0 saturated heterocycles. The molecule has 0 unspecified atom stereocenters. The van der Waals surface area contributed by atoms with Gasteiger partial charge in [0.05, 0.1) is 5.69 Å². The van der Waals surface area contributed by atoms with Crippen LogP contribution in [0, 0.1) is 0 Å². The van der Waals surface area contributed by atoms with Crippen LogP contribution in [0.5, 0.6) is 0 Å². The van der Waals surface area contributed by atoms with Crippen molar-refractivity contribution in [2.45, 2.75) is 19.3 Å². The van der Waals surface area contributed by atoms with Gasteiger partial charge in [-0.15, -0.1) is 0 Å². The molecule has 0 heterocycles. The van der Waals surface area contributed by atoms with Crippen LogP contribution in [0.2, 0.25) is 0 Å². The zero-order valence-electron chi connectivity index (χ0n) is 32.7. The highest BCUT2D eigenvalue weighted by atomic mass is 15.1. The fourth-order valence-electron chi connectivity index (χ4n) is 9.59. The summed E-state index contributed by atoms with van der Waals surface area (Å²) >= 11 is 0. The van der Waals surface area contributed by atoms with Crippen LogP contribution in [0.25, 0.3) is 76.8 Å². The van der Waals surface area contributed by atoms with Gasteiger partial charge in [0, 0.05) is 22.4 Å². The van der Waals surface area contributed by atoms with Crippen molar-refractivity contribution >= 4 is 49.4 Å². The topological polar surface area (TPSA) is 3.24 Å². The van der Waals surface area contributed by atoms with Crippen LogP contribution in [0.4, 0.5) is 17.1 Å². The van der Waals surface area contributed by atoms with Gasteiger partial charge in [-0.05, 0) is 125 Å². The molecule has 10 aromatic carbocycles. The first-order valence-corrected chi connectivity index (χ1v) is 20.3. The highest BCUT2D eigenvalue weighted by Crippen LogP contribution is 2.53. The maximum absolute atomic E-state index is 2.50. The van der Waals surface area contributed by atoms with Gasteiger partial charge in [0.2, 0.25) is 0 Å². The first-order chi connectivity index (χ1) is 28.5. The lowest BCUT2D eigenvalue weighted by Crippen LogP contribution is -2.17. The molecular weight excluding hydrogens is 699 g/mol. The molecule has 0 fully saturated rings. The zero-order valence-corrected chi connectivity index (χ0v) is 32.7. The SMILES string of the molecule is CC1(C)c2ccccc2-c2ccc(N(c3cccc(-c4ccccc4)c3)c3cccc(-c4cc5ccccc5c5ccccc45)c3-c3ccc4ccccc4c3)cc21. The van der Waals surface area contributed by atoms with Crippen LogP contribution >= 0.6 is 0 Å². The summed E-state index contributed by atoms with van der Waals surface area (Å²) in [4.78, 5) is 2.50. The van der Waals surface area contributed by atoms with E-state index in [0.717, 1.165) is 17.1 Å². The van der Waals surface area contributed by atoms with E-state index < -0.39 is 0 Å². The van der Waals surface area contributed by atoms with Gasteiger partial charge in [-0.2, -0.15) is 0 Å². The van der Waals surface area contributed by atoms with E-state index in [0.29, 0.717) is 0 Å². The fraction of sp³-hybridized carbons (Fsp3) is 0.0526. The van der Waals surface area contributed by atoms with Crippen LogP contribution in [0.15, 0.2) is 212 Å². The van der Waals surface area contributed by atoms with Gasteiger partial charge < -0.3 is 4.90 Å². The number of anilines is 3. The monoisotopic (exact) mass is 739 g/mol. The largest absolute Gasteiger partial charge is 0.310 e. The molecule has 11 rings (SSSR count). The van der Waals surface area contributed by atoms with Crippen LogP contribution in [-0.4, -0.2) is 0 Å². The third-order valence-electron chi connectivity index (χ3n) is 12.4. The van der Waals surface area contributed by atoms with Gasteiger partial charge in [-0.3, -0.25) is 0 Å². The summed E-state index contributed by atoms with van der Waals surface area (Å²) in [6, 6.07) is 78.4. The summed E-state index contributed by atoms with van der Waals surface area (Å²) in [6.45, 7) is 4.74. The summed E-state index contributed by atoms with van der Waals surface area (Å²) in [6.07, 6.45) is 0. The molecule has 0 bridgehead atoms. The van der Waals surface area contributed by atoms with Gasteiger partial charge in [-0.25, -0.2) is 0 Å². The molecule has 10 aromatic rings. The molecular formula is C57H41N. The van der Waals surface area contributed by atoms with Gasteiger partial charge >= 0.3 is 0 Å². The minimum absolute atomic E-state index is 0.146. The number of benzene rings is 10. The van der Waals surface area contributed by atoms with Crippen LogP contribution in [0.3, 0.4) is 0 Å². The van der Waals surface area contributed by atoms with E-state index in [1.807, 2.05) is 0 Å². The molecule has 1 aliphatic rings. The molecule has 0 aromatic heterocycles. The molecule has 0 N–H and O–H groups in total. The maximum Gasteiger partial charge on any atom is 0.0546 e. The Labute approximate surface area is 340 Å². The lowest BCUT2D eigenvalue weighted by atomic mass is 9.82. The predicted octanol–water partition coefficient (Wildman–Crippen LogP) is 15.9. The van der Waals surface area contributed by atoms with Gasteiger partial charge in [-0.1, -0.05) is 184 Å². The maximum atomic E-state index is 2.50. The summed E-state index contributed by atoms with van der Waals surface area (Å²) in [7, 11) is 0. The Bertz CT molecular complexity index is 3210. The molecule has 0 radical (unpaired) electrons. The minimum atomic E-state index is -0.146. The molecule has 0 aliphatic heterocycles. The summed E-state index contributed by atoms with van der Waals surface area (Å²) in [5, 5.41) is 7.46. The van der Waals surface area contributed by atoms with Crippen LogP contribution in [-0.2, 0) is 5.41 Å². The number of rotatable bonds is 6. The van der Waals surface area contributed by atoms with E-state index in [4.69, 9.17) is 0 Å². The molecule has 1 nitrogen and oxygen atoms in total. The normalized spacial score (nSPS) is 12.8. The van der Waals surface area contributed by atoms with Crippen LogP contribution in [0.1, 0.15) is 25.0 Å². The summed E-state index contributed by atoms with van der Waals surface area (Å²) in [5.74, 6) is 0. The minimum Gasteiger partial charge on any atom is -0.310 e. The van der Waals surface area contributed by atoms with Crippen molar-refractivity contribution in [2.24, 2.45) is 0 Å². The van der Waals surface area contributed by atoms with Gasteiger partial charge in [0.15, 0.2) is 0 Å². The quantitative estimate of drug-likeness (QED) is 0.154. The number of hydrogen-bond acceptors (Lipinski definition) is 1. The smallest absolute Gasteiger partial charge is 0.0546 e. The Kier molecular flexibility index (Phi) is 7.91. The Morgan fingerprint density at radius 3 is 1.83 bits per heavy atom. The highest BCUT2D eigenvalue weighted by Gasteiger charge is 2.36. The van der Waals surface area contributed by atoms with Crippen molar-refractivity contribution in [1.82, 2.24) is 0 Å². The summed E-state index contributed by atoms with van der Waals surface area (Å²) in [5.41, 5.74) is 15.8. The zero-order chi connectivity index (χ0) is 38.8. The Morgan fingerprint density at radius 2 is 0.966 bits per heavy atom. The van der Waals surface area contributed by atoms with E-state index in [-0.39, 0.29) is 5.41 Å². The summed E-state index contributed by atoms with van der Waals surface area (Å²) < 4.78 is 0. The fourth-order valence-corrected chi connectivity index (χ4v) is 9.59. The van der Waals surface area contributed by atoms with E-state index in [2.05, 4.69) is 231 Å². The lowest BCUT2D eigenvalue weighted by molar-refractivity contribution is 0.660. The second-order valence-corrected chi connectivity index (χ2v) is 16.1. The molecule has 274 valence electrons. The van der Waals surface area contributed by atoms with Crippen molar-refractivity contribution < 1.29 is 0 Å². The van der Waals surface area contributed by atoms with Crippen molar-refractivity contribution in [3.63, 3.8) is 0 Å². The molecule has 0 amide bonds. The molecule has 0 atom stereocenters. The molecule has 0 saturated carbocycles. The molecule has 58 heavy (non-hydrogen) atoms. The van der Waals surface area contributed by atoms with Gasteiger partial charge in [0.1, 0.15) is 0 Å². The molecule has 1 aliphatic carbocycles. The highest BCUT2D eigenvalue weighted by molar-refractivity contribution is 6.16. The number of hydrogen-bond donors (Lipinski definition) is 0. The first-order valence-electron chi connectivity index (χ1n) is 20.3. The van der Waals surface area contributed by atoms with Crippen molar-refractivity contribution in [1.29, 1.82) is 0 Å². The van der Waals surface area contributed by atoms with Gasteiger partial charge in [0.25, 0.3) is 0 Å². The third kappa shape index (κ3) is 5.46. The van der Waals surface area contributed by atoms with E-state index in [1.54, 1.807) is 0 Å². The van der Waals surface area contributed by atoms with Crippen molar-refractivity contribution in [3.8, 4) is 44.5 Å². The molecule has 0 spiro atoms. The Balaban J connectivity index is 1.23. The molecule has 1 heteroatoms. The lowest BCUT2D eigenvalue weighted by Gasteiger charge is -2.31. The number of nitrogens with zero attached hydrogens (tertiary/aromatic N) is 1. The Hall–Kier alpha value is -7.22. The average Bonchev–Trinajstić information content (AvgIpc) is 3.51. The Morgan fingerprint density at radius 1 is 0.328 bits per heavy atom. The van der Waals surface area contributed by atoms with E-state index in [9.17, 15) is 0 Å². The third-order valence-corrected chi connectivity index (χ3v) is 12.4. The van der Waals surface area contributed by atoms with Crippen molar-refractivity contribution in [3.05, 3.63) is 223 Å². The average molecular weight is 740 g/mol. The predicted molar refractivity (Wildman–Crippen MR) is 248 cm³/mol.